The summed E-state index contributed by atoms with van der Waals surface area (Å²) in [4.78, 5) is 8.50. The number of oxazole rings is 1. The van der Waals surface area contributed by atoms with E-state index in [9.17, 15) is 5.11 Å². The first kappa shape index (κ1) is 10.8. The Kier molecular flexibility index (Phi) is 2.48. The van der Waals surface area contributed by atoms with Crippen molar-refractivity contribution in [1.82, 2.24) is 9.97 Å². The van der Waals surface area contributed by atoms with Gasteiger partial charge in [0.2, 0.25) is 5.89 Å². The highest BCUT2D eigenvalue weighted by molar-refractivity contribution is 5.93. The Morgan fingerprint density at radius 3 is 2.67 bits per heavy atom. The van der Waals surface area contributed by atoms with Crippen molar-refractivity contribution < 1.29 is 9.52 Å². The molecule has 0 bridgehead atoms. The standard InChI is InChI=1S/C14H12N2O2/c1-2-11-9-5-3-4-6-10(9)13(17)12(16-11)14-15-7-8-18-14/h3-8,17H,2H2,1H3. The molecule has 2 aromatic heterocycles. The van der Waals surface area contributed by atoms with E-state index in [1.807, 2.05) is 31.2 Å². The smallest absolute Gasteiger partial charge is 0.248 e. The van der Waals surface area contributed by atoms with Gasteiger partial charge in [-0.2, -0.15) is 0 Å². The Hall–Kier alpha value is -2.36. The van der Waals surface area contributed by atoms with Crippen LogP contribution in [0.15, 0.2) is 41.1 Å². The van der Waals surface area contributed by atoms with Crippen LogP contribution in [0.2, 0.25) is 0 Å². The van der Waals surface area contributed by atoms with Gasteiger partial charge in [-0.05, 0) is 6.42 Å². The summed E-state index contributed by atoms with van der Waals surface area (Å²) in [6.07, 6.45) is 3.79. The normalized spacial score (nSPS) is 10.9. The lowest BCUT2D eigenvalue weighted by molar-refractivity contribution is 0.475. The van der Waals surface area contributed by atoms with Crippen molar-refractivity contribution in [3.05, 3.63) is 42.4 Å². The zero-order chi connectivity index (χ0) is 12.5. The molecule has 1 aromatic carbocycles. The molecule has 0 saturated carbocycles. The average Bonchev–Trinajstić information content (AvgIpc) is 2.93. The molecule has 0 atom stereocenters. The minimum Gasteiger partial charge on any atom is -0.505 e. The van der Waals surface area contributed by atoms with Crippen LogP contribution < -0.4 is 0 Å². The number of aromatic hydroxyl groups is 1. The number of rotatable bonds is 2. The lowest BCUT2D eigenvalue weighted by Gasteiger charge is -2.08. The fraction of sp³-hybridized carbons (Fsp3) is 0.143. The largest absolute Gasteiger partial charge is 0.505 e. The predicted molar refractivity (Wildman–Crippen MR) is 68.3 cm³/mol. The molecule has 0 radical (unpaired) electrons. The fourth-order valence-corrected chi connectivity index (χ4v) is 2.08. The molecule has 0 unspecified atom stereocenters. The maximum Gasteiger partial charge on any atom is 0.248 e. The number of benzene rings is 1. The molecule has 0 spiro atoms. The highest BCUT2D eigenvalue weighted by atomic mass is 16.3. The molecule has 18 heavy (non-hydrogen) atoms. The summed E-state index contributed by atoms with van der Waals surface area (Å²) in [5.74, 6) is 0.457. The highest BCUT2D eigenvalue weighted by Crippen LogP contribution is 2.34. The van der Waals surface area contributed by atoms with Crippen molar-refractivity contribution in [3.63, 3.8) is 0 Å². The van der Waals surface area contributed by atoms with Crippen LogP contribution in [-0.2, 0) is 6.42 Å². The van der Waals surface area contributed by atoms with Crippen molar-refractivity contribution in [2.75, 3.05) is 0 Å². The van der Waals surface area contributed by atoms with E-state index < -0.39 is 0 Å². The van der Waals surface area contributed by atoms with Gasteiger partial charge in [0.1, 0.15) is 6.26 Å². The molecule has 0 amide bonds. The second-order valence-electron chi connectivity index (χ2n) is 3.99. The molecule has 90 valence electrons. The van der Waals surface area contributed by atoms with E-state index >= 15 is 0 Å². The maximum atomic E-state index is 10.3. The first-order valence-corrected chi connectivity index (χ1v) is 5.81. The number of pyridine rings is 1. The molecular formula is C14H12N2O2. The molecule has 0 aliphatic rings. The van der Waals surface area contributed by atoms with Crippen molar-refractivity contribution in [1.29, 1.82) is 0 Å². The van der Waals surface area contributed by atoms with E-state index in [0.717, 1.165) is 22.9 Å². The Balaban J connectivity index is 2.37. The molecule has 0 saturated heterocycles. The predicted octanol–water partition coefficient (Wildman–Crippen LogP) is 3.16. The third kappa shape index (κ3) is 1.54. The van der Waals surface area contributed by atoms with Gasteiger partial charge in [0.25, 0.3) is 0 Å². The molecule has 4 heteroatoms. The van der Waals surface area contributed by atoms with Gasteiger partial charge in [0.05, 0.1) is 6.20 Å². The number of hydrogen-bond acceptors (Lipinski definition) is 4. The van der Waals surface area contributed by atoms with Crippen molar-refractivity contribution >= 4 is 10.8 Å². The Bertz CT molecular complexity index is 690. The van der Waals surface area contributed by atoms with Crippen LogP contribution in [0.3, 0.4) is 0 Å². The van der Waals surface area contributed by atoms with E-state index in [1.165, 1.54) is 12.5 Å². The summed E-state index contributed by atoms with van der Waals surface area (Å²) >= 11 is 0. The lowest BCUT2D eigenvalue weighted by atomic mass is 10.1. The summed E-state index contributed by atoms with van der Waals surface area (Å²) < 4.78 is 5.22. The van der Waals surface area contributed by atoms with Crippen LogP contribution in [0.25, 0.3) is 22.4 Å². The summed E-state index contributed by atoms with van der Waals surface area (Å²) in [5, 5.41) is 12.0. The van der Waals surface area contributed by atoms with Crippen LogP contribution in [0, 0.1) is 0 Å². The Labute approximate surface area is 104 Å². The summed E-state index contributed by atoms with van der Waals surface area (Å²) in [7, 11) is 0. The highest BCUT2D eigenvalue weighted by Gasteiger charge is 2.16. The fourth-order valence-electron chi connectivity index (χ4n) is 2.08. The van der Waals surface area contributed by atoms with Crippen LogP contribution >= 0.6 is 0 Å². The van der Waals surface area contributed by atoms with Gasteiger partial charge in [-0.25, -0.2) is 9.97 Å². The quantitative estimate of drug-likeness (QED) is 0.747. The van der Waals surface area contributed by atoms with Gasteiger partial charge in [-0.1, -0.05) is 31.2 Å². The number of aromatic nitrogens is 2. The first-order chi connectivity index (χ1) is 8.81. The number of nitrogens with zero attached hydrogens (tertiary/aromatic N) is 2. The minimum absolute atomic E-state index is 0.116. The molecule has 1 N–H and O–H groups in total. The van der Waals surface area contributed by atoms with Crippen LogP contribution in [0.4, 0.5) is 0 Å². The van der Waals surface area contributed by atoms with E-state index in [0.29, 0.717) is 11.6 Å². The zero-order valence-electron chi connectivity index (χ0n) is 9.92. The maximum absolute atomic E-state index is 10.3. The van der Waals surface area contributed by atoms with Gasteiger partial charge in [-0.3, -0.25) is 0 Å². The summed E-state index contributed by atoms with van der Waals surface area (Å²) in [6, 6.07) is 7.66. The number of hydrogen-bond donors (Lipinski definition) is 1. The third-order valence-corrected chi connectivity index (χ3v) is 2.93. The van der Waals surface area contributed by atoms with Crippen LogP contribution in [-0.4, -0.2) is 15.1 Å². The van der Waals surface area contributed by atoms with Crippen molar-refractivity contribution in [3.8, 4) is 17.3 Å². The minimum atomic E-state index is 0.116. The molecule has 2 heterocycles. The van der Waals surface area contributed by atoms with Gasteiger partial charge >= 0.3 is 0 Å². The Morgan fingerprint density at radius 1 is 1.22 bits per heavy atom. The van der Waals surface area contributed by atoms with Gasteiger partial charge < -0.3 is 9.52 Å². The molecule has 3 aromatic rings. The van der Waals surface area contributed by atoms with E-state index in [1.54, 1.807) is 0 Å². The second-order valence-corrected chi connectivity index (χ2v) is 3.99. The molecular weight excluding hydrogens is 228 g/mol. The Morgan fingerprint density at radius 2 is 2.00 bits per heavy atom. The van der Waals surface area contributed by atoms with E-state index in [2.05, 4.69) is 9.97 Å². The topological polar surface area (TPSA) is 59.2 Å². The molecule has 0 aliphatic carbocycles. The molecule has 4 nitrogen and oxygen atoms in total. The molecule has 3 rings (SSSR count). The van der Waals surface area contributed by atoms with Gasteiger partial charge in [0, 0.05) is 16.5 Å². The number of aryl methyl sites for hydroxylation is 1. The number of fused-ring (bicyclic) bond motifs is 1. The van der Waals surface area contributed by atoms with Gasteiger partial charge in [-0.15, -0.1) is 0 Å². The summed E-state index contributed by atoms with van der Waals surface area (Å²) in [5.41, 5.74) is 1.33. The zero-order valence-corrected chi connectivity index (χ0v) is 9.92. The van der Waals surface area contributed by atoms with Gasteiger partial charge in [0.15, 0.2) is 11.4 Å². The second kappa shape index (κ2) is 4.14. The van der Waals surface area contributed by atoms with Crippen molar-refractivity contribution in [2.45, 2.75) is 13.3 Å². The molecule has 0 fully saturated rings. The third-order valence-electron chi connectivity index (χ3n) is 2.93. The monoisotopic (exact) mass is 240 g/mol. The average molecular weight is 240 g/mol. The van der Waals surface area contributed by atoms with Crippen LogP contribution in [0.1, 0.15) is 12.6 Å². The summed E-state index contributed by atoms with van der Waals surface area (Å²) in [6.45, 7) is 2.03. The molecule has 0 aliphatic heterocycles. The van der Waals surface area contributed by atoms with E-state index in [4.69, 9.17) is 4.42 Å². The lowest BCUT2D eigenvalue weighted by Crippen LogP contribution is -1.94. The van der Waals surface area contributed by atoms with Crippen molar-refractivity contribution in [2.24, 2.45) is 0 Å². The van der Waals surface area contributed by atoms with Crippen LogP contribution in [0.5, 0.6) is 5.75 Å². The SMILES string of the molecule is CCc1nc(-c2ncco2)c(O)c2ccccc12. The van der Waals surface area contributed by atoms with E-state index in [-0.39, 0.29) is 5.75 Å². The first-order valence-electron chi connectivity index (χ1n) is 5.81.